The Hall–Kier alpha value is -2.62. The molecule has 0 bridgehead atoms. The topological polar surface area (TPSA) is 64.7 Å². The summed E-state index contributed by atoms with van der Waals surface area (Å²) in [5, 5.41) is 10.9. The molecule has 1 N–H and O–H groups in total. The molecule has 3 aromatic rings. The van der Waals surface area contributed by atoms with Gasteiger partial charge in [-0.25, -0.2) is 0 Å². The highest BCUT2D eigenvalue weighted by Gasteiger charge is 2.37. The van der Waals surface area contributed by atoms with Crippen molar-refractivity contribution >= 4 is 27.5 Å². The maximum absolute atomic E-state index is 13.0. The van der Waals surface area contributed by atoms with Gasteiger partial charge in [-0.2, -0.15) is 23.4 Å². The van der Waals surface area contributed by atoms with E-state index in [-0.39, 0.29) is 23.3 Å². The lowest BCUT2D eigenvalue weighted by molar-refractivity contribution is -0.142. The maximum atomic E-state index is 13.0. The Bertz CT molecular complexity index is 1100. The van der Waals surface area contributed by atoms with Gasteiger partial charge in [0.2, 0.25) is 5.91 Å². The van der Waals surface area contributed by atoms with Crippen LogP contribution in [0.1, 0.15) is 40.3 Å². The van der Waals surface area contributed by atoms with Crippen molar-refractivity contribution in [3.63, 3.8) is 0 Å². The predicted octanol–water partition coefficient (Wildman–Crippen LogP) is 5.17. The molecule has 0 aliphatic rings. The fraction of sp³-hybridized carbons (Fsp3) is 0.381. The molecule has 0 saturated heterocycles. The molecule has 10 heteroatoms. The van der Waals surface area contributed by atoms with Crippen LogP contribution in [0, 0.1) is 27.7 Å². The van der Waals surface area contributed by atoms with Gasteiger partial charge in [-0.15, -0.1) is 0 Å². The van der Waals surface area contributed by atoms with Crippen LogP contribution in [0.5, 0.6) is 0 Å². The number of benzene rings is 1. The molecule has 6 nitrogen and oxygen atoms in total. The average Bonchev–Trinajstić information content (AvgIpc) is 3.12. The fourth-order valence-electron chi connectivity index (χ4n) is 3.23. The van der Waals surface area contributed by atoms with Gasteiger partial charge in [0, 0.05) is 6.42 Å². The van der Waals surface area contributed by atoms with E-state index in [1.54, 1.807) is 6.92 Å². The summed E-state index contributed by atoms with van der Waals surface area (Å²) < 4.78 is 41.9. The van der Waals surface area contributed by atoms with E-state index < -0.39 is 11.9 Å². The summed E-state index contributed by atoms with van der Waals surface area (Å²) in [5.41, 5.74) is 3.69. The van der Waals surface area contributed by atoms with Crippen molar-refractivity contribution in [1.29, 1.82) is 0 Å². The zero-order chi connectivity index (χ0) is 22.9. The molecule has 0 unspecified atom stereocenters. The van der Waals surface area contributed by atoms with Gasteiger partial charge in [-0.1, -0.05) is 29.8 Å². The van der Waals surface area contributed by atoms with Gasteiger partial charge in [0.15, 0.2) is 5.69 Å². The third-order valence-electron chi connectivity index (χ3n) is 5.05. The monoisotopic (exact) mass is 497 g/mol. The van der Waals surface area contributed by atoms with E-state index >= 15 is 0 Å². The van der Waals surface area contributed by atoms with Crippen molar-refractivity contribution in [3.8, 4) is 0 Å². The average molecular weight is 498 g/mol. The van der Waals surface area contributed by atoms with Crippen LogP contribution in [0.4, 0.5) is 18.9 Å². The van der Waals surface area contributed by atoms with Crippen molar-refractivity contribution < 1.29 is 18.0 Å². The van der Waals surface area contributed by atoms with E-state index in [4.69, 9.17) is 0 Å². The molecule has 2 aromatic heterocycles. The number of amides is 1. The summed E-state index contributed by atoms with van der Waals surface area (Å²) in [4.78, 5) is 12.5. The van der Waals surface area contributed by atoms with Crippen molar-refractivity contribution in [2.75, 3.05) is 5.32 Å². The van der Waals surface area contributed by atoms with Crippen LogP contribution in [0.15, 0.2) is 28.7 Å². The number of hydrogen-bond acceptors (Lipinski definition) is 3. The van der Waals surface area contributed by atoms with E-state index in [9.17, 15) is 18.0 Å². The highest BCUT2D eigenvalue weighted by Crippen LogP contribution is 2.35. The molecule has 2 heterocycles. The quantitative estimate of drug-likeness (QED) is 0.510. The fourth-order valence-corrected chi connectivity index (χ4v) is 3.74. The summed E-state index contributed by atoms with van der Waals surface area (Å²) in [7, 11) is 0. The molecular formula is C21H23BrF3N5O. The van der Waals surface area contributed by atoms with Crippen molar-refractivity contribution in [3.05, 3.63) is 62.6 Å². The molecule has 3 rings (SSSR count). The van der Waals surface area contributed by atoms with Crippen LogP contribution in [0.2, 0.25) is 0 Å². The second-order valence-corrected chi connectivity index (χ2v) is 8.25. The molecule has 1 amide bonds. The van der Waals surface area contributed by atoms with Gasteiger partial charge < -0.3 is 5.32 Å². The minimum absolute atomic E-state index is 0.0196. The summed E-state index contributed by atoms with van der Waals surface area (Å²) in [6.45, 7) is 7.82. The molecule has 0 atom stereocenters. The van der Waals surface area contributed by atoms with E-state index in [0.29, 0.717) is 23.6 Å². The minimum Gasteiger partial charge on any atom is -0.323 e. The second kappa shape index (κ2) is 8.86. The Balaban J connectivity index is 1.67. The first-order valence-corrected chi connectivity index (χ1v) is 10.5. The number of rotatable bonds is 6. The number of aromatic nitrogens is 4. The Morgan fingerprint density at radius 3 is 2.26 bits per heavy atom. The van der Waals surface area contributed by atoms with Crippen LogP contribution in [-0.4, -0.2) is 25.5 Å². The smallest absolute Gasteiger partial charge is 0.323 e. The van der Waals surface area contributed by atoms with Crippen LogP contribution in [0.25, 0.3) is 0 Å². The van der Waals surface area contributed by atoms with E-state index in [1.807, 2.05) is 42.8 Å². The Labute approximate surface area is 186 Å². The first-order valence-electron chi connectivity index (χ1n) is 9.67. The number of nitrogens with one attached hydrogen (secondary N) is 1. The molecule has 0 radical (unpaired) electrons. The van der Waals surface area contributed by atoms with Gasteiger partial charge in [0.05, 0.1) is 40.3 Å². The molecule has 0 fully saturated rings. The Morgan fingerprint density at radius 2 is 1.68 bits per heavy atom. The number of hydrogen-bond donors (Lipinski definition) is 1. The summed E-state index contributed by atoms with van der Waals surface area (Å²) in [5.74, 6) is -0.319. The maximum Gasteiger partial charge on any atom is 0.436 e. The summed E-state index contributed by atoms with van der Waals surface area (Å²) >= 11 is 2.94. The third kappa shape index (κ3) is 5.17. The van der Waals surface area contributed by atoms with Crippen molar-refractivity contribution in [2.45, 2.75) is 53.4 Å². The number of halogens is 4. The summed E-state index contributed by atoms with van der Waals surface area (Å²) in [6.07, 6.45) is -4.58. The van der Waals surface area contributed by atoms with Crippen molar-refractivity contribution in [2.24, 2.45) is 0 Å². The first kappa shape index (κ1) is 23.1. The summed E-state index contributed by atoms with van der Waals surface area (Å²) in [6, 6.07) is 8.13. The highest BCUT2D eigenvalue weighted by molar-refractivity contribution is 9.10. The highest BCUT2D eigenvalue weighted by atomic mass is 79.9. The lowest BCUT2D eigenvalue weighted by Gasteiger charge is -2.08. The van der Waals surface area contributed by atoms with Crippen LogP contribution in [-0.2, 0) is 24.1 Å². The molecule has 31 heavy (non-hydrogen) atoms. The number of aryl methyl sites for hydroxylation is 3. The Morgan fingerprint density at radius 1 is 1.03 bits per heavy atom. The third-order valence-corrected chi connectivity index (χ3v) is 6.00. The molecule has 0 aliphatic heterocycles. The standard InChI is InChI=1S/C21H23BrF3N5O/c1-12-5-7-16(8-6-12)11-30-15(4)19(13(2)27-30)26-17(31)9-10-29-14(3)18(22)20(28-29)21(23,24)25/h5-8H,9-11H2,1-4H3,(H,26,31). The second-order valence-electron chi connectivity index (χ2n) is 7.46. The molecule has 0 aliphatic carbocycles. The molecular weight excluding hydrogens is 475 g/mol. The molecule has 166 valence electrons. The lowest BCUT2D eigenvalue weighted by Crippen LogP contribution is -2.17. The number of nitrogens with zero attached hydrogens (tertiary/aromatic N) is 4. The van der Waals surface area contributed by atoms with Crippen LogP contribution >= 0.6 is 15.9 Å². The Kier molecular flexibility index (Phi) is 6.59. The van der Waals surface area contributed by atoms with Gasteiger partial charge in [0.1, 0.15) is 0 Å². The van der Waals surface area contributed by atoms with Crippen LogP contribution < -0.4 is 5.32 Å². The zero-order valence-electron chi connectivity index (χ0n) is 17.6. The zero-order valence-corrected chi connectivity index (χ0v) is 19.2. The molecule has 0 saturated carbocycles. The van der Waals surface area contributed by atoms with Crippen LogP contribution in [0.3, 0.4) is 0 Å². The number of carbonyl (C=O) groups excluding carboxylic acids is 1. The van der Waals surface area contributed by atoms with Gasteiger partial charge in [-0.3, -0.25) is 14.2 Å². The number of anilines is 1. The number of alkyl halides is 3. The normalized spacial score (nSPS) is 11.7. The molecule has 0 spiro atoms. The first-order chi connectivity index (χ1) is 14.5. The minimum atomic E-state index is -4.56. The van der Waals surface area contributed by atoms with E-state index in [2.05, 4.69) is 31.4 Å². The van der Waals surface area contributed by atoms with Gasteiger partial charge >= 0.3 is 6.18 Å². The predicted molar refractivity (Wildman–Crippen MR) is 115 cm³/mol. The largest absolute Gasteiger partial charge is 0.436 e. The van der Waals surface area contributed by atoms with Gasteiger partial charge in [0.25, 0.3) is 0 Å². The molecule has 1 aromatic carbocycles. The lowest BCUT2D eigenvalue weighted by atomic mass is 10.1. The SMILES string of the molecule is Cc1ccc(Cn2nc(C)c(NC(=O)CCn3nc(C(F)(F)F)c(Br)c3C)c2C)cc1. The van der Waals surface area contributed by atoms with Gasteiger partial charge in [-0.05, 0) is 49.2 Å². The van der Waals surface area contributed by atoms with E-state index in [0.717, 1.165) is 11.3 Å². The number of carbonyl (C=O) groups is 1. The van der Waals surface area contributed by atoms with Crippen molar-refractivity contribution in [1.82, 2.24) is 19.6 Å². The van der Waals surface area contributed by atoms with E-state index in [1.165, 1.54) is 17.2 Å².